The zero-order chi connectivity index (χ0) is 9.97. The molecule has 1 unspecified atom stereocenters. The second-order valence-electron chi connectivity index (χ2n) is 4.76. The Kier molecular flexibility index (Phi) is 3.06. The summed E-state index contributed by atoms with van der Waals surface area (Å²) in [6, 6.07) is 0.173. The first-order valence-corrected chi connectivity index (χ1v) is 5.81. The van der Waals surface area contributed by atoms with Crippen molar-refractivity contribution in [2.45, 2.75) is 57.0 Å². The molecule has 0 radical (unpaired) electrons. The predicted octanol–water partition coefficient (Wildman–Crippen LogP) is 1.17. The van der Waals surface area contributed by atoms with Gasteiger partial charge in [-0.1, -0.05) is 25.7 Å². The van der Waals surface area contributed by atoms with Gasteiger partial charge in [-0.2, -0.15) is 0 Å². The summed E-state index contributed by atoms with van der Waals surface area (Å²) in [7, 11) is 0. The van der Waals surface area contributed by atoms with E-state index in [1.807, 2.05) is 0 Å². The van der Waals surface area contributed by atoms with Crippen molar-refractivity contribution in [2.75, 3.05) is 0 Å². The number of hydrogen-bond acceptors (Lipinski definition) is 2. The van der Waals surface area contributed by atoms with Crippen molar-refractivity contribution < 1.29 is 4.79 Å². The predicted molar refractivity (Wildman–Crippen MR) is 55.7 cm³/mol. The minimum Gasteiger partial charge on any atom is -0.352 e. The lowest BCUT2D eigenvalue weighted by Crippen LogP contribution is -2.41. The van der Waals surface area contributed by atoms with Gasteiger partial charge >= 0.3 is 0 Å². The molecule has 2 aliphatic carbocycles. The van der Waals surface area contributed by atoms with Crippen LogP contribution in [0, 0.1) is 5.92 Å². The van der Waals surface area contributed by atoms with Crippen molar-refractivity contribution in [3.63, 3.8) is 0 Å². The van der Waals surface area contributed by atoms with Crippen LogP contribution in [0.1, 0.15) is 44.9 Å². The molecule has 0 aromatic carbocycles. The number of nitrogens with one attached hydrogen (secondary N) is 1. The highest BCUT2D eigenvalue weighted by molar-refractivity contribution is 5.81. The molecule has 2 rings (SSSR count). The lowest BCUT2D eigenvalue weighted by molar-refractivity contribution is -0.122. The summed E-state index contributed by atoms with van der Waals surface area (Å²) >= 11 is 0. The molecule has 3 nitrogen and oxygen atoms in total. The Hall–Kier alpha value is -0.570. The summed E-state index contributed by atoms with van der Waals surface area (Å²) in [6.07, 6.45) is 8.30. The van der Waals surface area contributed by atoms with Gasteiger partial charge < -0.3 is 11.1 Å². The van der Waals surface area contributed by atoms with Crippen LogP contribution in [-0.2, 0) is 4.79 Å². The second kappa shape index (κ2) is 4.30. The summed E-state index contributed by atoms with van der Waals surface area (Å²) in [6.45, 7) is 0. The van der Waals surface area contributed by atoms with Crippen molar-refractivity contribution >= 4 is 5.91 Å². The highest BCUT2D eigenvalue weighted by Gasteiger charge is 2.26. The van der Waals surface area contributed by atoms with Gasteiger partial charge in [0.15, 0.2) is 0 Å². The molecule has 14 heavy (non-hydrogen) atoms. The number of hydrogen-bond donors (Lipinski definition) is 2. The van der Waals surface area contributed by atoms with Gasteiger partial charge in [-0.05, 0) is 25.2 Å². The molecule has 0 spiro atoms. The van der Waals surface area contributed by atoms with Crippen LogP contribution in [0.3, 0.4) is 0 Å². The summed E-state index contributed by atoms with van der Waals surface area (Å²) in [5, 5.41) is 2.94. The molecule has 2 aliphatic rings. The fraction of sp³-hybridized carbons (Fsp3) is 0.909. The van der Waals surface area contributed by atoms with Gasteiger partial charge in [-0.15, -0.1) is 0 Å². The number of nitrogens with two attached hydrogens (primary N) is 1. The first kappa shape index (κ1) is 9.97. The molecule has 3 heteroatoms. The van der Waals surface area contributed by atoms with Crippen molar-refractivity contribution in [3.8, 4) is 0 Å². The normalized spacial score (nSPS) is 23.2. The maximum absolute atomic E-state index is 11.4. The third-order valence-corrected chi connectivity index (χ3v) is 3.08. The smallest absolute Gasteiger partial charge is 0.237 e. The van der Waals surface area contributed by atoms with Gasteiger partial charge in [0.1, 0.15) is 0 Å². The fourth-order valence-corrected chi connectivity index (χ4v) is 1.70. The van der Waals surface area contributed by atoms with E-state index in [9.17, 15) is 4.79 Å². The van der Waals surface area contributed by atoms with Crippen molar-refractivity contribution in [1.82, 2.24) is 5.32 Å². The summed E-state index contributed by atoms with van der Waals surface area (Å²) in [4.78, 5) is 11.4. The number of rotatable bonds is 6. The molecule has 0 bridgehead atoms. The van der Waals surface area contributed by atoms with Crippen molar-refractivity contribution in [2.24, 2.45) is 11.7 Å². The van der Waals surface area contributed by atoms with E-state index < -0.39 is 0 Å². The van der Waals surface area contributed by atoms with E-state index in [0.717, 1.165) is 31.6 Å². The molecule has 0 aromatic heterocycles. The van der Waals surface area contributed by atoms with E-state index in [-0.39, 0.29) is 11.9 Å². The standard InChI is InChI=1S/C11H20N2O/c12-10(3-1-2-8-4-5-8)11(14)13-9-6-7-9/h8-10H,1-7,12H2,(H,13,14). The first-order chi connectivity index (χ1) is 6.75. The van der Waals surface area contributed by atoms with Crippen molar-refractivity contribution in [3.05, 3.63) is 0 Å². The third-order valence-electron chi connectivity index (χ3n) is 3.08. The zero-order valence-corrected chi connectivity index (χ0v) is 8.67. The Morgan fingerprint density at radius 2 is 2.07 bits per heavy atom. The van der Waals surface area contributed by atoms with Crippen LogP contribution in [0.25, 0.3) is 0 Å². The molecule has 0 aromatic rings. The van der Waals surface area contributed by atoms with Crippen LogP contribution in [0.5, 0.6) is 0 Å². The Bertz CT molecular complexity index is 209. The molecule has 1 amide bonds. The number of carbonyl (C=O) groups is 1. The van der Waals surface area contributed by atoms with Crippen LogP contribution < -0.4 is 11.1 Å². The van der Waals surface area contributed by atoms with Gasteiger partial charge in [-0.3, -0.25) is 4.79 Å². The van der Waals surface area contributed by atoms with Crippen molar-refractivity contribution in [1.29, 1.82) is 0 Å². The maximum atomic E-state index is 11.4. The van der Waals surface area contributed by atoms with E-state index in [1.165, 1.54) is 19.3 Å². The van der Waals surface area contributed by atoms with Gasteiger partial charge in [0, 0.05) is 6.04 Å². The molecular formula is C11H20N2O. The van der Waals surface area contributed by atoms with Gasteiger partial charge in [0.2, 0.25) is 5.91 Å². The van der Waals surface area contributed by atoms with Crippen LogP contribution in [0.4, 0.5) is 0 Å². The van der Waals surface area contributed by atoms with E-state index >= 15 is 0 Å². The molecule has 2 saturated carbocycles. The average Bonchev–Trinajstić information content (AvgIpc) is 2.97. The van der Waals surface area contributed by atoms with Gasteiger partial charge in [0.05, 0.1) is 6.04 Å². The fourth-order valence-electron chi connectivity index (χ4n) is 1.70. The van der Waals surface area contributed by atoms with E-state index in [2.05, 4.69) is 5.32 Å². The van der Waals surface area contributed by atoms with Crippen LogP contribution in [0.2, 0.25) is 0 Å². The van der Waals surface area contributed by atoms with Gasteiger partial charge in [0.25, 0.3) is 0 Å². The lowest BCUT2D eigenvalue weighted by Gasteiger charge is -2.11. The monoisotopic (exact) mass is 196 g/mol. The molecule has 2 fully saturated rings. The first-order valence-electron chi connectivity index (χ1n) is 5.81. The Labute approximate surface area is 85.4 Å². The van der Waals surface area contributed by atoms with Gasteiger partial charge in [-0.25, -0.2) is 0 Å². The topological polar surface area (TPSA) is 55.1 Å². The Morgan fingerprint density at radius 1 is 1.36 bits per heavy atom. The molecule has 80 valence electrons. The quantitative estimate of drug-likeness (QED) is 0.670. The second-order valence-corrected chi connectivity index (χ2v) is 4.76. The SMILES string of the molecule is NC(CCCC1CC1)C(=O)NC1CC1. The van der Waals surface area contributed by atoms with Crippen LogP contribution >= 0.6 is 0 Å². The Balaban J connectivity index is 1.55. The molecule has 0 heterocycles. The highest BCUT2D eigenvalue weighted by Crippen LogP contribution is 2.33. The van der Waals surface area contributed by atoms with Crippen LogP contribution in [0.15, 0.2) is 0 Å². The lowest BCUT2D eigenvalue weighted by atomic mass is 10.1. The largest absolute Gasteiger partial charge is 0.352 e. The molecule has 3 N–H and O–H groups in total. The third kappa shape index (κ3) is 3.29. The molecule has 0 saturated heterocycles. The molecular weight excluding hydrogens is 176 g/mol. The Morgan fingerprint density at radius 3 is 2.64 bits per heavy atom. The maximum Gasteiger partial charge on any atom is 0.237 e. The summed E-state index contributed by atoms with van der Waals surface area (Å²) < 4.78 is 0. The molecule has 1 atom stereocenters. The average molecular weight is 196 g/mol. The highest BCUT2D eigenvalue weighted by atomic mass is 16.2. The number of amides is 1. The molecule has 0 aliphatic heterocycles. The minimum absolute atomic E-state index is 0.0586. The summed E-state index contributed by atoms with van der Waals surface area (Å²) in [5.41, 5.74) is 5.79. The van der Waals surface area contributed by atoms with E-state index in [4.69, 9.17) is 5.73 Å². The number of carbonyl (C=O) groups excluding carboxylic acids is 1. The van der Waals surface area contributed by atoms with E-state index in [1.54, 1.807) is 0 Å². The van der Waals surface area contributed by atoms with E-state index in [0.29, 0.717) is 6.04 Å². The minimum atomic E-state index is -0.269. The zero-order valence-electron chi connectivity index (χ0n) is 8.67. The van der Waals surface area contributed by atoms with Crippen LogP contribution in [-0.4, -0.2) is 18.0 Å². The summed E-state index contributed by atoms with van der Waals surface area (Å²) in [5.74, 6) is 1.01.